The van der Waals surface area contributed by atoms with Crippen molar-refractivity contribution in [3.63, 3.8) is 0 Å². The van der Waals surface area contributed by atoms with Crippen LogP contribution in [0.25, 0.3) is 11.1 Å². The number of ether oxygens (including phenoxy) is 1. The summed E-state index contributed by atoms with van der Waals surface area (Å²) in [5.41, 5.74) is 4.10. The number of hydrogen-bond donors (Lipinski definition) is 0. The molecule has 0 saturated heterocycles. The maximum Gasteiger partial charge on any atom is 0.202 e. The lowest BCUT2D eigenvalue weighted by molar-refractivity contribution is 0.0818. The number of ketones is 1. The number of aryl methyl sites for hydroxylation is 1. The van der Waals surface area contributed by atoms with Gasteiger partial charge in [-0.1, -0.05) is 72.3 Å². The minimum atomic E-state index is -0.518. The van der Waals surface area contributed by atoms with Crippen molar-refractivity contribution in [2.24, 2.45) is 0 Å². The Bertz CT molecular complexity index is 803. The van der Waals surface area contributed by atoms with E-state index in [2.05, 4.69) is 12.1 Å². The van der Waals surface area contributed by atoms with Crippen LogP contribution in [0.1, 0.15) is 22.8 Å². The molecule has 1 atom stereocenters. The average Bonchev–Trinajstić information content (AvgIpc) is 2.63. The summed E-state index contributed by atoms with van der Waals surface area (Å²) in [5.74, 6) is 0.685. The number of Topliss-reactive ketones (excluding diaryl/α,β-unsaturated/α-hetero) is 1. The van der Waals surface area contributed by atoms with Crippen LogP contribution < -0.4 is 4.74 Å². The molecular formula is C22H20O2. The molecule has 3 aromatic carbocycles. The van der Waals surface area contributed by atoms with Crippen molar-refractivity contribution in [3.8, 4) is 16.9 Å². The van der Waals surface area contributed by atoms with E-state index in [1.54, 1.807) is 6.92 Å². The molecule has 2 heteroatoms. The van der Waals surface area contributed by atoms with Gasteiger partial charge in [-0.3, -0.25) is 4.79 Å². The molecule has 0 aliphatic carbocycles. The topological polar surface area (TPSA) is 26.3 Å². The molecule has 0 unspecified atom stereocenters. The Morgan fingerprint density at radius 3 is 2.00 bits per heavy atom. The second-order valence-electron chi connectivity index (χ2n) is 5.88. The van der Waals surface area contributed by atoms with E-state index in [0.29, 0.717) is 11.3 Å². The summed E-state index contributed by atoms with van der Waals surface area (Å²) >= 11 is 0. The van der Waals surface area contributed by atoms with E-state index in [1.165, 1.54) is 0 Å². The number of carbonyl (C=O) groups excluding carboxylic acids is 1. The summed E-state index contributed by atoms with van der Waals surface area (Å²) in [6.45, 7) is 3.79. The molecule has 0 bridgehead atoms. The van der Waals surface area contributed by atoms with Gasteiger partial charge < -0.3 is 4.74 Å². The van der Waals surface area contributed by atoms with Gasteiger partial charge in [0.15, 0.2) is 6.10 Å². The molecule has 24 heavy (non-hydrogen) atoms. The summed E-state index contributed by atoms with van der Waals surface area (Å²) in [7, 11) is 0. The molecule has 120 valence electrons. The fraction of sp³-hybridized carbons (Fsp3) is 0.136. The van der Waals surface area contributed by atoms with Gasteiger partial charge >= 0.3 is 0 Å². The van der Waals surface area contributed by atoms with Crippen LogP contribution in [-0.4, -0.2) is 11.9 Å². The monoisotopic (exact) mass is 316 g/mol. The minimum absolute atomic E-state index is 0.0119. The zero-order valence-electron chi connectivity index (χ0n) is 13.9. The first-order valence-corrected chi connectivity index (χ1v) is 8.06. The highest BCUT2D eigenvalue weighted by Crippen LogP contribution is 2.23. The van der Waals surface area contributed by atoms with Crippen molar-refractivity contribution in [2.45, 2.75) is 20.0 Å². The van der Waals surface area contributed by atoms with Crippen molar-refractivity contribution >= 4 is 5.78 Å². The van der Waals surface area contributed by atoms with E-state index < -0.39 is 6.10 Å². The van der Waals surface area contributed by atoms with E-state index in [0.717, 1.165) is 16.7 Å². The molecule has 3 aromatic rings. The van der Waals surface area contributed by atoms with Crippen molar-refractivity contribution in [1.82, 2.24) is 0 Å². The Morgan fingerprint density at radius 1 is 0.792 bits per heavy atom. The lowest BCUT2D eigenvalue weighted by atomic mass is 10.0. The van der Waals surface area contributed by atoms with E-state index in [4.69, 9.17) is 4.74 Å². The van der Waals surface area contributed by atoms with Crippen LogP contribution in [0.4, 0.5) is 0 Å². The Labute approximate surface area is 142 Å². The summed E-state index contributed by atoms with van der Waals surface area (Å²) in [6, 6.07) is 25.6. The molecule has 0 aliphatic rings. The van der Waals surface area contributed by atoms with Crippen LogP contribution in [0, 0.1) is 6.92 Å². The fourth-order valence-electron chi connectivity index (χ4n) is 2.57. The molecule has 0 N–H and O–H groups in total. The van der Waals surface area contributed by atoms with Gasteiger partial charge in [0.2, 0.25) is 5.78 Å². The van der Waals surface area contributed by atoms with Crippen molar-refractivity contribution in [3.05, 3.63) is 90.0 Å². The fourth-order valence-corrected chi connectivity index (χ4v) is 2.57. The Hall–Kier alpha value is -2.87. The van der Waals surface area contributed by atoms with Gasteiger partial charge in [0.25, 0.3) is 0 Å². The Morgan fingerprint density at radius 2 is 1.38 bits per heavy atom. The average molecular weight is 316 g/mol. The summed E-state index contributed by atoms with van der Waals surface area (Å²) < 4.78 is 5.80. The van der Waals surface area contributed by atoms with Gasteiger partial charge in [-0.2, -0.15) is 0 Å². The van der Waals surface area contributed by atoms with E-state index >= 15 is 0 Å². The summed E-state index contributed by atoms with van der Waals surface area (Å²) in [6.07, 6.45) is -0.518. The van der Waals surface area contributed by atoms with Gasteiger partial charge in [-0.15, -0.1) is 0 Å². The molecule has 0 heterocycles. The number of carbonyl (C=O) groups is 1. The highest BCUT2D eigenvalue weighted by Gasteiger charge is 2.16. The van der Waals surface area contributed by atoms with Gasteiger partial charge in [0.05, 0.1) is 0 Å². The first kappa shape index (κ1) is 16.0. The first-order valence-electron chi connectivity index (χ1n) is 8.06. The molecule has 3 rings (SSSR count). The summed E-state index contributed by atoms with van der Waals surface area (Å²) in [5, 5.41) is 0. The zero-order valence-corrected chi connectivity index (χ0v) is 13.9. The molecule has 0 fully saturated rings. The normalized spacial score (nSPS) is 11.8. The maximum absolute atomic E-state index is 12.4. The number of hydrogen-bond acceptors (Lipinski definition) is 2. The van der Waals surface area contributed by atoms with Crippen LogP contribution in [0.5, 0.6) is 5.75 Å². The predicted octanol–water partition coefficient (Wildman–Crippen LogP) is 5.31. The van der Waals surface area contributed by atoms with Crippen molar-refractivity contribution < 1.29 is 9.53 Å². The lowest BCUT2D eigenvalue weighted by Crippen LogP contribution is -2.23. The molecule has 0 aromatic heterocycles. The smallest absolute Gasteiger partial charge is 0.202 e. The molecular weight excluding hydrogens is 296 g/mol. The second-order valence-corrected chi connectivity index (χ2v) is 5.88. The van der Waals surface area contributed by atoms with E-state index in [9.17, 15) is 4.79 Å². The van der Waals surface area contributed by atoms with Crippen LogP contribution in [0.2, 0.25) is 0 Å². The van der Waals surface area contributed by atoms with Gasteiger partial charge in [0, 0.05) is 5.56 Å². The number of rotatable bonds is 5. The minimum Gasteiger partial charge on any atom is -0.483 e. The van der Waals surface area contributed by atoms with Crippen molar-refractivity contribution in [2.75, 3.05) is 0 Å². The first-order chi connectivity index (χ1) is 11.6. The van der Waals surface area contributed by atoms with Gasteiger partial charge in [-0.05, 0) is 37.1 Å². The molecule has 0 spiro atoms. The molecule has 0 saturated carbocycles. The van der Waals surface area contributed by atoms with Crippen LogP contribution in [-0.2, 0) is 0 Å². The largest absolute Gasteiger partial charge is 0.483 e. The predicted molar refractivity (Wildman–Crippen MR) is 97.5 cm³/mol. The van der Waals surface area contributed by atoms with Crippen LogP contribution in [0.15, 0.2) is 78.9 Å². The third-order valence-corrected chi connectivity index (χ3v) is 3.98. The molecule has 0 aliphatic heterocycles. The number of benzene rings is 3. The molecule has 0 amide bonds. The van der Waals surface area contributed by atoms with Gasteiger partial charge in [-0.25, -0.2) is 0 Å². The van der Waals surface area contributed by atoms with Crippen LogP contribution in [0.3, 0.4) is 0 Å². The third kappa shape index (κ3) is 3.72. The Kier molecular flexibility index (Phi) is 4.76. The lowest BCUT2D eigenvalue weighted by Gasteiger charge is -2.14. The summed E-state index contributed by atoms with van der Waals surface area (Å²) in [4.78, 5) is 12.4. The van der Waals surface area contributed by atoms with Crippen molar-refractivity contribution in [1.29, 1.82) is 0 Å². The van der Waals surface area contributed by atoms with E-state index in [-0.39, 0.29) is 5.78 Å². The third-order valence-electron chi connectivity index (χ3n) is 3.98. The zero-order chi connectivity index (χ0) is 16.9. The second kappa shape index (κ2) is 7.14. The molecule has 0 radical (unpaired) electrons. The standard InChI is InChI=1S/C22H20O2/c1-16-8-10-20(11-9-16)22(23)17(2)24-21-14-12-19(13-15-21)18-6-4-3-5-7-18/h3-15,17H,1-2H3/t17-/m1/s1. The SMILES string of the molecule is Cc1ccc(C(=O)[C@@H](C)Oc2ccc(-c3ccccc3)cc2)cc1. The van der Waals surface area contributed by atoms with E-state index in [1.807, 2.05) is 73.7 Å². The Balaban J connectivity index is 1.69. The molecule has 2 nitrogen and oxygen atoms in total. The highest BCUT2D eigenvalue weighted by molar-refractivity contribution is 5.99. The van der Waals surface area contributed by atoms with Gasteiger partial charge in [0.1, 0.15) is 5.75 Å². The van der Waals surface area contributed by atoms with Crippen LogP contribution >= 0.6 is 0 Å². The highest BCUT2D eigenvalue weighted by atomic mass is 16.5. The quantitative estimate of drug-likeness (QED) is 0.596. The maximum atomic E-state index is 12.4.